The largest absolute Gasteiger partial charge is 0.501 e. The number of carbonyl (C=O) groups excluding carboxylic acids is 2. The summed E-state index contributed by atoms with van der Waals surface area (Å²) in [5.74, 6) is -0.566. The Morgan fingerprint density at radius 3 is 2.09 bits per heavy atom. The fourth-order valence-electron chi connectivity index (χ4n) is 3.77. The Bertz CT molecular complexity index is 1120. The number of nitrogens with zero attached hydrogens (tertiary/aromatic N) is 3. The van der Waals surface area contributed by atoms with E-state index in [1.807, 2.05) is 6.92 Å². The number of anilines is 1. The zero-order valence-electron chi connectivity index (χ0n) is 17.6. The molecule has 172 valence electrons. The lowest BCUT2D eigenvalue weighted by Crippen LogP contribution is -2.46. The lowest BCUT2D eigenvalue weighted by atomic mass is 9.95. The number of carbonyl (C=O) groups is 2. The molecule has 1 unspecified atom stereocenters. The van der Waals surface area contributed by atoms with Crippen molar-refractivity contribution in [3.63, 3.8) is 0 Å². The highest BCUT2D eigenvalue weighted by Crippen LogP contribution is 2.40. The number of pyridine rings is 1. The molecule has 7 nitrogen and oxygen atoms in total. The summed E-state index contributed by atoms with van der Waals surface area (Å²) in [7, 11) is -5.54. The van der Waals surface area contributed by atoms with Gasteiger partial charge >= 0.3 is 11.5 Å². The lowest BCUT2D eigenvalue weighted by Gasteiger charge is -2.35. The molecule has 3 rings (SSSR count). The number of hydrogen-bond acceptors (Lipinski definition) is 5. The molecule has 0 N–H and O–H groups in total. The number of amides is 3. The van der Waals surface area contributed by atoms with Crippen molar-refractivity contribution in [2.75, 3.05) is 4.90 Å². The zero-order valence-corrected chi connectivity index (χ0v) is 18.4. The van der Waals surface area contributed by atoms with Gasteiger partial charge in [-0.1, -0.05) is 13.3 Å². The van der Waals surface area contributed by atoms with Crippen LogP contribution in [0.25, 0.3) is 0 Å². The van der Waals surface area contributed by atoms with Crippen LogP contribution in [0.5, 0.6) is 0 Å². The predicted octanol–water partition coefficient (Wildman–Crippen LogP) is 4.46. The van der Waals surface area contributed by atoms with Gasteiger partial charge in [-0.2, -0.15) is 13.2 Å². The summed E-state index contributed by atoms with van der Waals surface area (Å²) >= 11 is 0. The second kappa shape index (κ2) is 8.19. The van der Waals surface area contributed by atoms with Gasteiger partial charge in [-0.3, -0.25) is 9.78 Å². The summed E-state index contributed by atoms with van der Waals surface area (Å²) in [5, 5.41) is 0. The lowest BCUT2D eigenvalue weighted by molar-refractivity contribution is -0.124. The van der Waals surface area contributed by atoms with Gasteiger partial charge in [0, 0.05) is 12.4 Å². The maximum Gasteiger partial charge on any atom is 0.501 e. The van der Waals surface area contributed by atoms with E-state index in [1.165, 1.54) is 4.90 Å². The van der Waals surface area contributed by atoms with E-state index in [4.69, 9.17) is 0 Å². The molecular formula is C21H22F3N3O4S. The number of sulfone groups is 1. The van der Waals surface area contributed by atoms with Gasteiger partial charge in [0.15, 0.2) is 0 Å². The molecule has 0 saturated carbocycles. The van der Waals surface area contributed by atoms with Gasteiger partial charge in [-0.25, -0.2) is 18.1 Å². The molecule has 1 aromatic carbocycles. The fraction of sp³-hybridized carbons (Fsp3) is 0.381. The first-order valence-electron chi connectivity index (χ1n) is 9.83. The number of urea groups is 1. The van der Waals surface area contributed by atoms with Crippen LogP contribution in [0, 0.1) is 0 Å². The van der Waals surface area contributed by atoms with E-state index in [9.17, 15) is 31.2 Å². The SMILES string of the molecule is CCCC(c1ccncc1)N1C(=O)N(c2ccc(S(=O)(=O)C(F)(F)F)cc2)C(=O)C1(C)C. The van der Waals surface area contributed by atoms with Gasteiger partial charge in [-0.15, -0.1) is 0 Å². The van der Waals surface area contributed by atoms with E-state index in [-0.39, 0.29) is 5.69 Å². The third-order valence-corrected chi connectivity index (χ3v) is 6.90. The van der Waals surface area contributed by atoms with Crippen LogP contribution in [-0.4, -0.2) is 41.3 Å². The Kier molecular flexibility index (Phi) is 6.07. The highest BCUT2D eigenvalue weighted by Gasteiger charge is 2.54. The number of hydrogen-bond donors (Lipinski definition) is 0. The van der Waals surface area contributed by atoms with Gasteiger partial charge in [0.05, 0.1) is 16.6 Å². The van der Waals surface area contributed by atoms with Crippen LogP contribution in [-0.2, 0) is 14.6 Å². The average molecular weight is 469 g/mol. The molecule has 0 radical (unpaired) electrons. The Labute approximate surface area is 183 Å². The van der Waals surface area contributed by atoms with E-state index < -0.39 is 43.8 Å². The fourth-order valence-corrected chi connectivity index (χ4v) is 4.53. The topological polar surface area (TPSA) is 87.7 Å². The third-order valence-electron chi connectivity index (χ3n) is 5.40. The second-order valence-corrected chi connectivity index (χ2v) is 9.82. The van der Waals surface area contributed by atoms with E-state index in [0.29, 0.717) is 6.42 Å². The van der Waals surface area contributed by atoms with Crippen molar-refractivity contribution in [1.29, 1.82) is 0 Å². The number of alkyl halides is 3. The van der Waals surface area contributed by atoms with Crippen molar-refractivity contribution < 1.29 is 31.2 Å². The van der Waals surface area contributed by atoms with Crippen LogP contribution < -0.4 is 4.90 Å². The first kappa shape index (κ1) is 23.7. The maximum absolute atomic E-state index is 13.4. The summed E-state index contributed by atoms with van der Waals surface area (Å²) in [6.45, 7) is 5.14. The minimum absolute atomic E-state index is 0.0123. The van der Waals surface area contributed by atoms with Crippen LogP contribution in [0.3, 0.4) is 0 Å². The van der Waals surface area contributed by atoms with Crippen molar-refractivity contribution in [3.8, 4) is 0 Å². The summed E-state index contributed by atoms with van der Waals surface area (Å²) < 4.78 is 61.6. The van der Waals surface area contributed by atoms with E-state index in [0.717, 1.165) is 41.1 Å². The first-order valence-corrected chi connectivity index (χ1v) is 11.3. The van der Waals surface area contributed by atoms with Crippen molar-refractivity contribution in [2.24, 2.45) is 0 Å². The number of benzene rings is 1. The van der Waals surface area contributed by atoms with Crippen molar-refractivity contribution in [2.45, 2.75) is 55.6 Å². The third kappa shape index (κ3) is 3.85. The summed E-state index contributed by atoms with van der Waals surface area (Å²) in [4.78, 5) is 31.9. The highest BCUT2D eigenvalue weighted by molar-refractivity contribution is 7.92. The molecule has 1 aliphatic heterocycles. The highest BCUT2D eigenvalue weighted by atomic mass is 32.2. The Morgan fingerprint density at radius 1 is 1.03 bits per heavy atom. The molecule has 32 heavy (non-hydrogen) atoms. The minimum Gasteiger partial charge on any atom is -0.303 e. The van der Waals surface area contributed by atoms with Gasteiger partial charge in [0.1, 0.15) is 5.54 Å². The Hall–Kier alpha value is -2.95. The van der Waals surface area contributed by atoms with Gasteiger partial charge < -0.3 is 4.90 Å². The standard InChI is InChI=1S/C21H22F3N3O4S/c1-4-5-17(14-10-12-25-13-11-14)27-19(29)26(18(28)20(27,2)3)15-6-8-16(9-7-15)32(30,31)21(22,23)24/h6-13,17H,4-5H2,1-3H3. The average Bonchev–Trinajstić information content (AvgIpc) is 2.90. The number of aromatic nitrogens is 1. The van der Waals surface area contributed by atoms with Crippen LogP contribution in [0.2, 0.25) is 0 Å². The quantitative estimate of drug-likeness (QED) is 0.583. The zero-order chi connectivity index (χ0) is 23.9. The molecule has 0 bridgehead atoms. The molecule has 1 saturated heterocycles. The Morgan fingerprint density at radius 2 is 1.59 bits per heavy atom. The van der Waals surface area contributed by atoms with Gasteiger partial charge in [0.2, 0.25) is 0 Å². The monoisotopic (exact) mass is 469 g/mol. The summed E-state index contributed by atoms with van der Waals surface area (Å²) in [6, 6.07) is 5.97. The van der Waals surface area contributed by atoms with Gasteiger partial charge in [0.25, 0.3) is 15.7 Å². The second-order valence-electron chi connectivity index (χ2n) is 7.88. The minimum atomic E-state index is -5.54. The molecular weight excluding hydrogens is 447 g/mol. The molecule has 11 heteroatoms. The van der Waals surface area contributed by atoms with Crippen LogP contribution in [0.15, 0.2) is 53.7 Å². The summed E-state index contributed by atoms with van der Waals surface area (Å²) in [5.41, 5.74) is -5.91. The van der Waals surface area contributed by atoms with E-state index in [1.54, 1.807) is 38.4 Å². The normalized spacial score (nSPS) is 17.7. The van der Waals surface area contributed by atoms with Gasteiger partial charge in [-0.05, 0) is 62.2 Å². The molecule has 0 aliphatic carbocycles. The molecule has 2 heterocycles. The van der Waals surface area contributed by atoms with Crippen molar-refractivity contribution >= 4 is 27.5 Å². The molecule has 1 fully saturated rings. The Balaban J connectivity index is 2.01. The van der Waals surface area contributed by atoms with Crippen LogP contribution >= 0.6 is 0 Å². The molecule has 2 aromatic rings. The molecule has 1 aliphatic rings. The maximum atomic E-state index is 13.4. The van der Waals surface area contributed by atoms with Crippen LogP contribution in [0.1, 0.15) is 45.2 Å². The number of rotatable bonds is 6. The number of halogens is 3. The molecule has 1 aromatic heterocycles. The first-order chi connectivity index (χ1) is 14.8. The predicted molar refractivity (Wildman–Crippen MR) is 110 cm³/mol. The smallest absolute Gasteiger partial charge is 0.303 e. The molecule has 0 spiro atoms. The van der Waals surface area contributed by atoms with Crippen LogP contribution in [0.4, 0.5) is 23.7 Å². The van der Waals surface area contributed by atoms with Crippen molar-refractivity contribution in [1.82, 2.24) is 9.88 Å². The van der Waals surface area contributed by atoms with E-state index in [2.05, 4.69) is 4.98 Å². The molecule has 1 atom stereocenters. The number of imide groups is 1. The van der Waals surface area contributed by atoms with E-state index >= 15 is 0 Å². The van der Waals surface area contributed by atoms with Crippen molar-refractivity contribution in [3.05, 3.63) is 54.4 Å². The summed E-state index contributed by atoms with van der Waals surface area (Å²) in [6.07, 6.45) is 4.48. The molecule has 3 amide bonds.